The molecule has 0 radical (unpaired) electrons. The summed E-state index contributed by atoms with van der Waals surface area (Å²) in [5.74, 6) is 1.04. The molecule has 9 heteroatoms. The molecule has 0 atom stereocenters. The molecule has 4 aromatic rings. The normalized spacial score (nSPS) is 10.7. The Bertz CT molecular complexity index is 1350. The fraction of sp³-hybridized carbons (Fsp3) is 0.160. The average Bonchev–Trinajstić information content (AvgIpc) is 3.25. The van der Waals surface area contributed by atoms with Crippen molar-refractivity contribution in [3.8, 4) is 11.5 Å². The molecule has 0 saturated heterocycles. The molecule has 2 amide bonds. The van der Waals surface area contributed by atoms with Crippen LogP contribution in [-0.2, 0) is 4.79 Å². The van der Waals surface area contributed by atoms with Gasteiger partial charge in [-0.05, 0) is 48.9 Å². The minimum Gasteiger partial charge on any atom is -0.497 e. The fourth-order valence-electron chi connectivity index (χ4n) is 3.29. The molecule has 34 heavy (non-hydrogen) atoms. The number of methoxy groups -OCH3 is 2. The van der Waals surface area contributed by atoms with Gasteiger partial charge in [0.05, 0.1) is 35.9 Å². The van der Waals surface area contributed by atoms with Gasteiger partial charge in [0.1, 0.15) is 11.5 Å². The van der Waals surface area contributed by atoms with E-state index in [0.29, 0.717) is 28.4 Å². The number of aromatic nitrogens is 1. The van der Waals surface area contributed by atoms with E-state index in [2.05, 4.69) is 15.6 Å². The number of thioether (sulfide) groups is 1. The number of anilines is 2. The molecule has 0 unspecified atom stereocenters. The smallest absolute Gasteiger partial charge is 0.255 e. The molecule has 2 N–H and O–H groups in total. The van der Waals surface area contributed by atoms with Gasteiger partial charge in [0.15, 0.2) is 4.34 Å². The van der Waals surface area contributed by atoms with Gasteiger partial charge < -0.3 is 20.1 Å². The topological polar surface area (TPSA) is 89.6 Å². The molecule has 0 aliphatic rings. The van der Waals surface area contributed by atoms with Crippen molar-refractivity contribution in [1.29, 1.82) is 0 Å². The zero-order valence-electron chi connectivity index (χ0n) is 18.9. The van der Waals surface area contributed by atoms with Gasteiger partial charge in [-0.25, -0.2) is 4.98 Å². The number of nitrogens with one attached hydrogen (secondary N) is 2. The number of ether oxygens (including phenoxy) is 2. The first-order valence-electron chi connectivity index (χ1n) is 10.4. The maximum Gasteiger partial charge on any atom is 0.255 e. The van der Waals surface area contributed by atoms with Crippen LogP contribution in [0.15, 0.2) is 65.0 Å². The van der Waals surface area contributed by atoms with E-state index in [1.54, 1.807) is 38.5 Å². The molecule has 0 aliphatic carbocycles. The second-order valence-corrected chi connectivity index (χ2v) is 9.59. The summed E-state index contributed by atoms with van der Waals surface area (Å²) in [6.45, 7) is 1.91. The van der Waals surface area contributed by atoms with Crippen molar-refractivity contribution in [3.63, 3.8) is 0 Å². The van der Waals surface area contributed by atoms with E-state index in [1.807, 2.05) is 43.3 Å². The largest absolute Gasteiger partial charge is 0.497 e. The summed E-state index contributed by atoms with van der Waals surface area (Å²) in [5, 5.41) is 5.80. The zero-order chi connectivity index (χ0) is 24.1. The lowest BCUT2D eigenvalue weighted by molar-refractivity contribution is -0.113. The van der Waals surface area contributed by atoms with E-state index in [1.165, 1.54) is 23.1 Å². The number of carbonyl (C=O) groups excluding carboxylic acids is 2. The zero-order valence-corrected chi connectivity index (χ0v) is 20.5. The first-order chi connectivity index (χ1) is 16.5. The fourth-order valence-corrected chi connectivity index (χ4v) is 5.20. The summed E-state index contributed by atoms with van der Waals surface area (Å²) in [6.07, 6.45) is 0. The Morgan fingerprint density at radius 2 is 1.82 bits per heavy atom. The van der Waals surface area contributed by atoms with Crippen LogP contribution in [0.25, 0.3) is 10.2 Å². The van der Waals surface area contributed by atoms with Crippen molar-refractivity contribution < 1.29 is 19.1 Å². The lowest BCUT2D eigenvalue weighted by Crippen LogP contribution is -2.14. The molecule has 4 rings (SSSR count). The molecule has 0 aliphatic heterocycles. The van der Waals surface area contributed by atoms with Crippen molar-refractivity contribution in [3.05, 3.63) is 71.8 Å². The average molecular weight is 494 g/mol. The lowest BCUT2D eigenvalue weighted by atomic mass is 10.1. The lowest BCUT2D eigenvalue weighted by Gasteiger charge is -2.11. The monoisotopic (exact) mass is 493 g/mol. The first kappa shape index (κ1) is 23.6. The summed E-state index contributed by atoms with van der Waals surface area (Å²) >= 11 is 2.83. The van der Waals surface area contributed by atoms with Gasteiger partial charge in [-0.3, -0.25) is 9.59 Å². The summed E-state index contributed by atoms with van der Waals surface area (Å²) in [6, 6.07) is 18.3. The summed E-state index contributed by atoms with van der Waals surface area (Å²) in [5.41, 5.74) is 3.62. The second kappa shape index (κ2) is 10.6. The Morgan fingerprint density at radius 3 is 2.59 bits per heavy atom. The Morgan fingerprint density at radius 1 is 1.00 bits per heavy atom. The van der Waals surface area contributed by atoms with Gasteiger partial charge in [-0.15, -0.1) is 11.3 Å². The number of benzene rings is 3. The number of amides is 2. The van der Waals surface area contributed by atoms with E-state index in [-0.39, 0.29) is 17.6 Å². The van der Waals surface area contributed by atoms with Crippen molar-refractivity contribution >= 4 is 56.5 Å². The van der Waals surface area contributed by atoms with Crippen LogP contribution in [0.5, 0.6) is 11.5 Å². The predicted molar refractivity (Wildman–Crippen MR) is 138 cm³/mol. The Kier molecular flexibility index (Phi) is 7.34. The molecule has 0 spiro atoms. The van der Waals surface area contributed by atoms with Crippen molar-refractivity contribution in [2.75, 3.05) is 30.6 Å². The van der Waals surface area contributed by atoms with Gasteiger partial charge >= 0.3 is 0 Å². The van der Waals surface area contributed by atoms with E-state index in [4.69, 9.17) is 9.47 Å². The van der Waals surface area contributed by atoms with Gasteiger partial charge in [0.25, 0.3) is 5.91 Å². The summed E-state index contributed by atoms with van der Waals surface area (Å²) in [7, 11) is 3.11. The third-order valence-electron chi connectivity index (χ3n) is 5.02. The van der Waals surface area contributed by atoms with E-state index < -0.39 is 0 Å². The van der Waals surface area contributed by atoms with Crippen LogP contribution in [0.1, 0.15) is 15.9 Å². The number of carbonyl (C=O) groups is 2. The van der Waals surface area contributed by atoms with Crippen LogP contribution < -0.4 is 20.1 Å². The SMILES string of the molecule is COc1ccc(OC)c(NC(=O)CSc2nc3ccc(NC(=O)c4ccccc4C)cc3s2)c1. The van der Waals surface area contributed by atoms with E-state index in [0.717, 1.165) is 20.1 Å². The number of hydrogen-bond acceptors (Lipinski definition) is 7. The van der Waals surface area contributed by atoms with Crippen molar-refractivity contribution in [2.45, 2.75) is 11.3 Å². The van der Waals surface area contributed by atoms with E-state index >= 15 is 0 Å². The van der Waals surface area contributed by atoms with Gasteiger partial charge in [0, 0.05) is 17.3 Å². The highest BCUT2D eigenvalue weighted by Crippen LogP contribution is 2.32. The summed E-state index contributed by atoms with van der Waals surface area (Å²) in [4.78, 5) is 29.7. The van der Waals surface area contributed by atoms with E-state index in [9.17, 15) is 9.59 Å². The molecule has 174 valence electrons. The highest BCUT2D eigenvalue weighted by atomic mass is 32.2. The quantitative estimate of drug-likeness (QED) is 0.310. The van der Waals surface area contributed by atoms with Crippen LogP contribution in [0, 0.1) is 6.92 Å². The Hall–Kier alpha value is -3.56. The predicted octanol–water partition coefficient (Wildman–Crippen LogP) is 5.61. The number of aryl methyl sites for hydroxylation is 1. The first-order valence-corrected chi connectivity index (χ1v) is 12.2. The summed E-state index contributed by atoms with van der Waals surface area (Å²) < 4.78 is 12.2. The number of thiazole rings is 1. The molecule has 3 aromatic carbocycles. The van der Waals surface area contributed by atoms with Crippen LogP contribution in [-0.4, -0.2) is 36.8 Å². The molecular weight excluding hydrogens is 470 g/mol. The molecule has 0 fully saturated rings. The standard InChI is InChI=1S/C25H23N3O4S2/c1-15-6-4-5-7-18(15)24(30)26-16-8-10-19-22(12-16)34-25(28-19)33-14-23(29)27-20-13-17(31-2)9-11-21(20)32-3/h4-13H,14H2,1-3H3,(H,26,30)(H,27,29). The van der Waals surface area contributed by atoms with Crippen LogP contribution in [0.3, 0.4) is 0 Å². The Labute approximate surface area is 205 Å². The number of nitrogens with zero attached hydrogens (tertiary/aromatic N) is 1. The highest BCUT2D eigenvalue weighted by Gasteiger charge is 2.13. The second-order valence-electron chi connectivity index (χ2n) is 7.33. The van der Waals surface area contributed by atoms with Crippen LogP contribution in [0.4, 0.5) is 11.4 Å². The maximum atomic E-state index is 12.6. The Balaban J connectivity index is 1.40. The maximum absolute atomic E-state index is 12.6. The minimum absolute atomic E-state index is 0.152. The van der Waals surface area contributed by atoms with Gasteiger partial charge in [-0.2, -0.15) is 0 Å². The number of fused-ring (bicyclic) bond motifs is 1. The van der Waals surface area contributed by atoms with Crippen molar-refractivity contribution in [1.82, 2.24) is 4.98 Å². The third-order valence-corrected chi connectivity index (χ3v) is 7.18. The molecule has 1 aromatic heterocycles. The minimum atomic E-state index is -0.179. The number of rotatable bonds is 8. The molecule has 0 saturated carbocycles. The molecular formula is C25H23N3O4S2. The van der Waals surface area contributed by atoms with Gasteiger partial charge in [0.2, 0.25) is 5.91 Å². The molecule has 0 bridgehead atoms. The third kappa shape index (κ3) is 5.49. The van der Waals surface area contributed by atoms with Crippen LogP contribution >= 0.6 is 23.1 Å². The van der Waals surface area contributed by atoms with Crippen molar-refractivity contribution in [2.24, 2.45) is 0 Å². The number of hydrogen-bond donors (Lipinski definition) is 2. The van der Waals surface area contributed by atoms with Crippen LogP contribution in [0.2, 0.25) is 0 Å². The molecule has 1 heterocycles. The highest BCUT2D eigenvalue weighted by molar-refractivity contribution is 8.01. The molecule has 7 nitrogen and oxygen atoms in total. The van der Waals surface area contributed by atoms with Gasteiger partial charge in [-0.1, -0.05) is 30.0 Å².